The Kier molecular flexibility index (Phi) is 5.24. The van der Waals surface area contributed by atoms with Crippen molar-refractivity contribution >= 4 is 28.8 Å². The standard InChI is InChI=1S/C19H18F2N6O/c20-13-5-6-15(14(21)11-13)23-18-12-22-26-19(25-18)24-16-3-1-2-4-17(16)27-7-9-28-10-8-27/h1-6,11-12H,7-10H2,(H2,23,24,25,26). The number of benzene rings is 2. The zero-order chi connectivity index (χ0) is 19.3. The van der Waals surface area contributed by atoms with E-state index >= 15 is 0 Å². The van der Waals surface area contributed by atoms with E-state index in [9.17, 15) is 8.78 Å². The van der Waals surface area contributed by atoms with Gasteiger partial charge in [0.1, 0.15) is 11.6 Å². The molecule has 1 aliphatic rings. The summed E-state index contributed by atoms with van der Waals surface area (Å²) < 4.78 is 32.3. The molecule has 1 saturated heterocycles. The van der Waals surface area contributed by atoms with Crippen molar-refractivity contribution in [2.75, 3.05) is 41.8 Å². The Morgan fingerprint density at radius 3 is 2.61 bits per heavy atom. The highest BCUT2D eigenvalue weighted by molar-refractivity contribution is 5.73. The molecule has 0 aliphatic carbocycles. The highest BCUT2D eigenvalue weighted by Gasteiger charge is 2.15. The third-order valence-corrected chi connectivity index (χ3v) is 4.25. The second kappa shape index (κ2) is 8.13. The highest BCUT2D eigenvalue weighted by atomic mass is 19.1. The summed E-state index contributed by atoms with van der Waals surface area (Å²) in [6.45, 7) is 2.94. The lowest BCUT2D eigenvalue weighted by molar-refractivity contribution is 0.123. The molecule has 2 N–H and O–H groups in total. The van der Waals surface area contributed by atoms with Crippen LogP contribution in [0.2, 0.25) is 0 Å². The second-order valence-electron chi connectivity index (χ2n) is 6.16. The van der Waals surface area contributed by atoms with E-state index in [4.69, 9.17) is 4.74 Å². The number of hydrogen-bond donors (Lipinski definition) is 2. The van der Waals surface area contributed by atoms with Crippen molar-refractivity contribution in [2.24, 2.45) is 0 Å². The number of morpholine rings is 1. The summed E-state index contributed by atoms with van der Waals surface area (Å²) in [5.74, 6) is -0.822. The number of anilines is 5. The predicted molar refractivity (Wildman–Crippen MR) is 102 cm³/mol. The van der Waals surface area contributed by atoms with Gasteiger partial charge in [-0.3, -0.25) is 0 Å². The summed E-state index contributed by atoms with van der Waals surface area (Å²) in [4.78, 5) is 6.53. The highest BCUT2D eigenvalue weighted by Crippen LogP contribution is 2.28. The van der Waals surface area contributed by atoms with Crippen molar-refractivity contribution in [3.05, 3.63) is 60.3 Å². The van der Waals surface area contributed by atoms with Gasteiger partial charge in [0, 0.05) is 19.2 Å². The molecule has 2 heterocycles. The SMILES string of the molecule is Fc1ccc(Nc2cnnc(Nc3ccccc3N3CCOCC3)n2)c(F)c1. The fraction of sp³-hybridized carbons (Fsp3) is 0.211. The largest absolute Gasteiger partial charge is 0.378 e. The quantitative estimate of drug-likeness (QED) is 0.698. The van der Waals surface area contributed by atoms with E-state index in [1.165, 1.54) is 12.3 Å². The van der Waals surface area contributed by atoms with Crippen LogP contribution in [0.25, 0.3) is 0 Å². The molecule has 7 nitrogen and oxygen atoms in total. The fourth-order valence-corrected chi connectivity index (χ4v) is 2.93. The van der Waals surface area contributed by atoms with E-state index < -0.39 is 11.6 Å². The van der Waals surface area contributed by atoms with Crippen molar-refractivity contribution in [1.29, 1.82) is 0 Å². The summed E-state index contributed by atoms with van der Waals surface area (Å²) in [5.41, 5.74) is 1.94. The predicted octanol–water partition coefficient (Wildman–Crippen LogP) is 3.47. The van der Waals surface area contributed by atoms with Crippen LogP contribution in [-0.4, -0.2) is 41.5 Å². The first kappa shape index (κ1) is 18.1. The third kappa shape index (κ3) is 4.15. The maximum absolute atomic E-state index is 13.8. The number of rotatable bonds is 5. The minimum atomic E-state index is -0.717. The van der Waals surface area contributed by atoms with E-state index in [1.807, 2.05) is 24.3 Å². The number of ether oxygens (including phenoxy) is 1. The lowest BCUT2D eigenvalue weighted by atomic mass is 10.2. The minimum absolute atomic E-state index is 0.0987. The zero-order valence-corrected chi connectivity index (χ0v) is 14.9. The van der Waals surface area contributed by atoms with Crippen LogP contribution in [0.3, 0.4) is 0 Å². The molecule has 28 heavy (non-hydrogen) atoms. The first-order valence-corrected chi connectivity index (χ1v) is 8.79. The smallest absolute Gasteiger partial charge is 0.249 e. The molecule has 1 aliphatic heterocycles. The molecule has 0 amide bonds. The van der Waals surface area contributed by atoms with Crippen LogP contribution in [0.15, 0.2) is 48.7 Å². The molecule has 0 unspecified atom stereocenters. The number of halogens is 2. The average molecular weight is 384 g/mol. The van der Waals surface area contributed by atoms with E-state index in [0.29, 0.717) is 13.2 Å². The molecule has 0 bridgehead atoms. The van der Waals surface area contributed by atoms with Gasteiger partial charge in [0.25, 0.3) is 0 Å². The Bertz CT molecular complexity index is 965. The first-order valence-electron chi connectivity index (χ1n) is 8.79. The Balaban J connectivity index is 1.54. The molecule has 144 valence electrons. The van der Waals surface area contributed by atoms with Crippen molar-refractivity contribution in [2.45, 2.75) is 0 Å². The van der Waals surface area contributed by atoms with Gasteiger partial charge in [-0.25, -0.2) is 8.78 Å². The Labute approximate surface area is 160 Å². The second-order valence-corrected chi connectivity index (χ2v) is 6.16. The molecule has 9 heteroatoms. The van der Waals surface area contributed by atoms with Crippen molar-refractivity contribution in [3.63, 3.8) is 0 Å². The Morgan fingerprint density at radius 2 is 1.79 bits per heavy atom. The number of nitrogens with zero attached hydrogens (tertiary/aromatic N) is 4. The monoisotopic (exact) mass is 384 g/mol. The maximum atomic E-state index is 13.8. The van der Waals surface area contributed by atoms with Gasteiger partial charge < -0.3 is 20.3 Å². The lowest BCUT2D eigenvalue weighted by Gasteiger charge is -2.30. The minimum Gasteiger partial charge on any atom is -0.378 e. The van der Waals surface area contributed by atoms with Gasteiger partial charge >= 0.3 is 0 Å². The summed E-state index contributed by atoms with van der Waals surface area (Å²) in [5, 5.41) is 13.8. The molecule has 1 fully saturated rings. The number of aromatic nitrogens is 3. The van der Waals surface area contributed by atoms with Crippen molar-refractivity contribution in [1.82, 2.24) is 15.2 Å². The van der Waals surface area contributed by atoms with Crippen molar-refractivity contribution < 1.29 is 13.5 Å². The molecule has 0 radical (unpaired) electrons. The van der Waals surface area contributed by atoms with Crippen LogP contribution in [0, 0.1) is 11.6 Å². The van der Waals surface area contributed by atoms with Gasteiger partial charge in [-0.15, -0.1) is 5.10 Å². The third-order valence-electron chi connectivity index (χ3n) is 4.25. The van der Waals surface area contributed by atoms with Crippen LogP contribution in [0.5, 0.6) is 0 Å². The Hall–Kier alpha value is -3.33. The Morgan fingerprint density at radius 1 is 0.964 bits per heavy atom. The van der Waals surface area contributed by atoms with Crippen LogP contribution in [0.1, 0.15) is 0 Å². The summed E-state index contributed by atoms with van der Waals surface area (Å²) >= 11 is 0. The summed E-state index contributed by atoms with van der Waals surface area (Å²) in [6, 6.07) is 11.1. The lowest BCUT2D eigenvalue weighted by Crippen LogP contribution is -2.36. The van der Waals surface area contributed by atoms with E-state index in [2.05, 4.69) is 30.7 Å². The molecular formula is C19H18F2N6O. The van der Waals surface area contributed by atoms with E-state index in [1.54, 1.807) is 0 Å². The van der Waals surface area contributed by atoms with Crippen LogP contribution < -0.4 is 15.5 Å². The molecule has 2 aromatic carbocycles. The molecular weight excluding hydrogens is 366 g/mol. The van der Waals surface area contributed by atoms with Gasteiger partial charge in [0.2, 0.25) is 5.95 Å². The van der Waals surface area contributed by atoms with Crippen molar-refractivity contribution in [3.8, 4) is 0 Å². The maximum Gasteiger partial charge on any atom is 0.249 e. The molecule has 3 aromatic rings. The average Bonchev–Trinajstić information content (AvgIpc) is 2.72. The van der Waals surface area contributed by atoms with Gasteiger partial charge in [0.05, 0.1) is 36.5 Å². The van der Waals surface area contributed by atoms with Crippen LogP contribution in [-0.2, 0) is 4.74 Å². The molecule has 1 aromatic heterocycles. The fourth-order valence-electron chi connectivity index (χ4n) is 2.93. The molecule has 4 rings (SSSR count). The number of nitrogens with one attached hydrogen (secondary N) is 2. The van der Waals surface area contributed by atoms with E-state index in [-0.39, 0.29) is 17.5 Å². The van der Waals surface area contributed by atoms with Gasteiger partial charge in [-0.2, -0.15) is 10.1 Å². The molecule has 0 spiro atoms. The number of para-hydroxylation sites is 2. The topological polar surface area (TPSA) is 75.2 Å². The molecule has 0 saturated carbocycles. The normalized spacial score (nSPS) is 14.0. The number of hydrogen-bond acceptors (Lipinski definition) is 7. The van der Waals surface area contributed by atoms with Crippen LogP contribution in [0.4, 0.5) is 37.6 Å². The summed E-state index contributed by atoms with van der Waals surface area (Å²) in [7, 11) is 0. The molecule has 0 atom stereocenters. The summed E-state index contributed by atoms with van der Waals surface area (Å²) in [6.07, 6.45) is 1.36. The van der Waals surface area contributed by atoms with Gasteiger partial charge in [-0.1, -0.05) is 12.1 Å². The van der Waals surface area contributed by atoms with Gasteiger partial charge in [-0.05, 0) is 24.3 Å². The van der Waals surface area contributed by atoms with Crippen LogP contribution >= 0.6 is 0 Å². The zero-order valence-electron chi connectivity index (χ0n) is 14.9. The first-order chi connectivity index (χ1) is 13.7. The van der Waals surface area contributed by atoms with Gasteiger partial charge in [0.15, 0.2) is 5.82 Å². The van der Waals surface area contributed by atoms with E-state index in [0.717, 1.165) is 36.6 Å².